The van der Waals surface area contributed by atoms with E-state index < -0.39 is 5.97 Å². The van der Waals surface area contributed by atoms with Gasteiger partial charge in [0.1, 0.15) is 11.4 Å². The van der Waals surface area contributed by atoms with Crippen molar-refractivity contribution in [1.29, 1.82) is 0 Å². The number of hydrogen-bond acceptors (Lipinski definition) is 5. The molecule has 0 atom stereocenters. The number of fused-ring (bicyclic) bond motifs is 1. The minimum Gasteiger partial charge on any atom is -0.462 e. The maximum Gasteiger partial charge on any atom is 0.341 e. The van der Waals surface area contributed by atoms with Crippen LogP contribution >= 0.6 is 0 Å². The minimum atomic E-state index is -0.559. The van der Waals surface area contributed by atoms with Crippen LogP contribution in [0.5, 0.6) is 0 Å². The van der Waals surface area contributed by atoms with Crippen molar-refractivity contribution in [1.82, 2.24) is 4.98 Å². The van der Waals surface area contributed by atoms with Gasteiger partial charge >= 0.3 is 5.97 Å². The number of carbonyl (C=O) groups is 2. The van der Waals surface area contributed by atoms with Gasteiger partial charge in [-0.25, -0.2) is 9.78 Å². The van der Waals surface area contributed by atoms with Crippen LogP contribution in [0.1, 0.15) is 18.1 Å². The molecule has 1 heterocycles. The first-order valence-electron chi connectivity index (χ1n) is 5.75. The number of ether oxygens (including phenoxy) is 1. The number of esters is 1. The molecular formula is C13H14N2O3. The van der Waals surface area contributed by atoms with E-state index in [4.69, 9.17) is 4.74 Å². The summed E-state index contributed by atoms with van der Waals surface area (Å²) in [6.07, 6.45) is 3.38. The molecule has 5 nitrogen and oxygen atoms in total. The van der Waals surface area contributed by atoms with E-state index in [0.717, 1.165) is 11.1 Å². The number of pyridine rings is 1. The first-order chi connectivity index (χ1) is 8.67. The van der Waals surface area contributed by atoms with Crippen molar-refractivity contribution in [2.75, 3.05) is 19.0 Å². The molecule has 1 aliphatic rings. The summed E-state index contributed by atoms with van der Waals surface area (Å²) in [4.78, 5) is 27.7. The summed E-state index contributed by atoms with van der Waals surface area (Å²) in [5.41, 5.74) is 1.76. The van der Waals surface area contributed by atoms with Gasteiger partial charge in [0.25, 0.3) is 0 Å². The molecule has 0 aliphatic heterocycles. The van der Waals surface area contributed by atoms with E-state index in [2.05, 4.69) is 10.3 Å². The Balaban J connectivity index is 2.44. The highest BCUT2D eigenvalue weighted by Crippen LogP contribution is 2.26. The largest absolute Gasteiger partial charge is 0.462 e. The first-order valence-corrected chi connectivity index (χ1v) is 5.75. The van der Waals surface area contributed by atoms with Gasteiger partial charge in [0.15, 0.2) is 5.78 Å². The van der Waals surface area contributed by atoms with Crippen molar-refractivity contribution in [3.8, 4) is 0 Å². The second-order valence-electron chi connectivity index (χ2n) is 3.86. The summed E-state index contributed by atoms with van der Waals surface area (Å²) in [7, 11) is 1.75. The summed E-state index contributed by atoms with van der Waals surface area (Å²) >= 11 is 0. The molecule has 94 valence electrons. The zero-order valence-electron chi connectivity index (χ0n) is 10.3. The maximum atomic E-state index is 11.9. The Bertz CT molecular complexity index is 535. The SMILES string of the molecule is CCOC(=O)C1=Cc2ccnc(NC)c2CC1=O. The number of carbonyl (C=O) groups excluding carboxylic acids is 2. The van der Waals surface area contributed by atoms with Crippen LogP contribution in [-0.2, 0) is 20.7 Å². The fraction of sp³-hybridized carbons (Fsp3) is 0.308. The normalized spacial score (nSPS) is 13.7. The third-order valence-corrected chi connectivity index (χ3v) is 2.76. The summed E-state index contributed by atoms with van der Waals surface area (Å²) in [6, 6.07) is 1.78. The summed E-state index contributed by atoms with van der Waals surface area (Å²) < 4.78 is 4.86. The highest BCUT2D eigenvalue weighted by molar-refractivity contribution is 6.22. The number of nitrogens with zero attached hydrogens (tertiary/aromatic N) is 1. The predicted octanol–water partition coefficient (Wildman–Crippen LogP) is 1.19. The number of hydrogen-bond donors (Lipinski definition) is 1. The molecule has 0 fully saturated rings. The van der Waals surface area contributed by atoms with Gasteiger partial charge in [-0.15, -0.1) is 0 Å². The van der Waals surface area contributed by atoms with E-state index in [1.54, 1.807) is 32.3 Å². The molecule has 0 unspecified atom stereocenters. The Labute approximate surface area is 105 Å². The lowest BCUT2D eigenvalue weighted by atomic mass is 9.92. The lowest BCUT2D eigenvalue weighted by Crippen LogP contribution is -2.21. The Morgan fingerprint density at radius 2 is 2.33 bits per heavy atom. The molecule has 18 heavy (non-hydrogen) atoms. The van der Waals surface area contributed by atoms with Crippen molar-refractivity contribution < 1.29 is 14.3 Å². The van der Waals surface area contributed by atoms with Crippen LogP contribution < -0.4 is 5.32 Å². The van der Waals surface area contributed by atoms with Crippen molar-refractivity contribution in [3.63, 3.8) is 0 Å². The fourth-order valence-electron chi connectivity index (χ4n) is 1.92. The third kappa shape index (κ3) is 2.11. The molecule has 1 N–H and O–H groups in total. The van der Waals surface area contributed by atoms with Gasteiger partial charge < -0.3 is 10.1 Å². The molecular weight excluding hydrogens is 232 g/mol. The van der Waals surface area contributed by atoms with Crippen LogP contribution in [0.3, 0.4) is 0 Å². The first kappa shape index (κ1) is 12.3. The maximum absolute atomic E-state index is 11.9. The number of ketones is 1. The predicted molar refractivity (Wildman–Crippen MR) is 67.1 cm³/mol. The lowest BCUT2D eigenvalue weighted by molar-refractivity contribution is -0.139. The quantitative estimate of drug-likeness (QED) is 0.641. The fourth-order valence-corrected chi connectivity index (χ4v) is 1.92. The number of Topliss-reactive ketones (excluding diaryl/α,β-unsaturated/α-hetero) is 1. The summed E-state index contributed by atoms with van der Waals surface area (Å²) in [6.45, 7) is 1.97. The van der Waals surface area contributed by atoms with E-state index in [0.29, 0.717) is 5.82 Å². The molecule has 0 bridgehead atoms. The highest BCUT2D eigenvalue weighted by Gasteiger charge is 2.26. The van der Waals surface area contributed by atoms with Gasteiger partial charge in [-0.1, -0.05) is 0 Å². The summed E-state index contributed by atoms with van der Waals surface area (Å²) in [5.74, 6) is -0.124. The Hall–Kier alpha value is -2.17. The Morgan fingerprint density at radius 1 is 1.56 bits per heavy atom. The molecule has 1 aromatic rings. The standard InChI is InChI=1S/C13H14N2O3/c1-3-18-13(17)10-6-8-4-5-15-12(14-2)9(8)7-11(10)16/h4-6H,3,7H2,1-2H3,(H,14,15). The van der Waals surface area contributed by atoms with Crippen molar-refractivity contribution >= 4 is 23.6 Å². The zero-order chi connectivity index (χ0) is 13.1. The average Bonchev–Trinajstić information content (AvgIpc) is 2.37. The lowest BCUT2D eigenvalue weighted by Gasteiger charge is -2.16. The van der Waals surface area contributed by atoms with Gasteiger partial charge in [0.2, 0.25) is 0 Å². The van der Waals surface area contributed by atoms with E-state index in [-0.39, 0.29) is 24.4 Å². The molecule has 0 radical (unpaired) electrons. The van der Waals surface area contributed by atoms with E-state index in [1.807, 2.05) is 0 Å². The molecule has 0 amide bonds. The second kappa shape index (κ2) is 5.00. The number of anilines is 1. The minimum absolute atomic E-state index is 0.109. The molecule has 5 heteroatoms. The van der Waals surface area contributed by atoms with Crippen LogP contribution in [0.25, 0.3) is 6.08 Å². The van der Waals surface area contributed by atoms with Crippen molar-refractivity contribution in [2.24, 2.45) is 0 Å². The molecule has 0 aromatic carbocycles. The van der Waals surface area contributed by atoms with Crippen LogP contribution in [0.2, 0.25) is 0 Å². The van der Waals surface area contributed by atoms with Gasteiger partial charge in [-0.2, -0.15) is 0 Å². The number of rotatable bonds is 3. The molecule has 2 rings (SSSR count). The van der Waals surface area contributed by atoms with Crippen LogP contribution in [0.15, 0.2) is 17.8 Å². The molecule has 0 saturated carbocycles. The number of aromatic nitrogens is 1. The van der Waals surface area contributed by atoms with E-state index in [1.165, 1.54) is 0 Å². The average molecular weight is 246 g/mol. The second-order valence-corrected chi connectivity index (χ2v) is 3.86. The van der Waals surface area contributed by atoms with Gasteiger partial charge in [-0.05, 0) is 24.6 Å². The van der Waals surface area contributed by atoms with E-state index >= 15 is 0 Å². The summed E-state index contributed by atoms with van der Waals surface area (Å²) in [5, 5.41) is 2.94. The zero-order valence-corrected chi connectivity index (χ0v) is 10.3. The van der Waals surface area contributed by atoms with Gasteiger partial charge in [0.05, 0.1) is 6.61 Å². The molecule has 0 saturated heterocycles. The van der Waals surface area contributed by atoms with Crippen molar-refractivity contribution in [3.05, 3.63) is 29.0 Å². The molecule has 1 aromatic heterocycles. The van der Waals surface area contributed by atoms with Gasteiger partial charge in [-0.3, -0.25) is 4.79 Å². The van der Waals surface area contributed by atoms with Gasteiger partial charge in [0, 0.05) is 25.2 Å². The smallest absolute Gasteiger partial charge is 0.341 e. The van der Waals surface area contributed by atoms with Crippen LogP contribution in [-0.4, -0.2) is 30.4 Å². The monoisotopic (exact) mass is 246 g/mol. The van der Waals surface area contributed by atoms with Crippen molar-refractivity contribution in [2.45, 2.75) is 13.3 Å². The molecule has 1 aliphatic carbocycles. The third-order valence-electron chi connectivity index (χ3n) is 2.76. The topological polar surface area (TPSA) is 68.3 Å². The highest BCUT2D eigenvalue weighted by atomic mass is 16.5. The Morgan fingerprint density at radius 3 is 3.00 bits per heavy atom. The number of nitrogens with one attached hydrogen (secondary N) is 1. The van der Waals surface area contributed by atoms with Crippen LogP contribution in [0, 0.1) is 0 Å². The van der Waals surface area contributed by atoms with Crippen LogP contribution in [0.4, 0.5) is 5.82 Å². The Kier molecular flexibility index (Phi) is 3.41. The molecule has 0 spiro atoms. The van der Waals surface area contributed by atoms with E-state index in [9.17, 15) is 9.59 Å².